The van der Waals surface area contributed by atoms with Crippen LogP contribution in [0.5, 0.6) is 11.5 Å². The molecule has 37 heavy (non-hydrogen) atoms. The molecule has 0 atom stereocenters. The van der Waals surface area contributed by atoms with E-state index in [1.54, 1.807) is 0 Å². The van der Waals surface area contributed by atoms with Gasteiger partial charge in [-0.3, -0.25) is 0 Å². The molecule has 0 bridgehead atoms. The molecule has 0 saturated heterocycles. The summed E-state index contributed by atoms with van der Waals surface area (Å²) in [5.41, 5.74) is 8.15. The highest BCUT2D eigenvalue weighted by molar-refractivity contribution is 6.17. The first-order valence-electron chi connectivity index (χ1n) is 12.2. The van der Waals surface area contributed by atoms with Crippen LogP contribution in [0, 0.1) is 6.92 Å². The van der Waals surface area contributed by atoms with Crippen molar-refractivity contribution in [2.45, 2.75) is 6.92 Å². The van der Waals surface area contributed by atoms with Gasteiger partial charge in [0.15, 0.2) is 5.71 Å². The minimum absolute atomic E-state index is 0.805. The third kappa shape index (κ3) is 6.61. The quantitative estimate of drug-likeness (QED) is 0.258. The van der Waals surface area contributed by atoms with Crippen molar-refractivity contribution in [1.29, 1.82) is 0 Å². The van der Waals surface area contributed by atoms with Crippen LogP contribution in [0.1, 0.15) is 5.56 Å². The number of anilines is 4. The fraction of sp³-hybridized carbons (Fsp3) is 0.0625. The number of ether oxygens (including phenoxy) is 1. The fourth-order valence-electron chi connectivity index (χ4n) is 3.79. The highest BCUT2D eigenvalue weighted by atomic mass is 16.5. The largest absolute Gasteiger partial charge is 0.457 e. The van der Waals surface area contributed by atoms with Gasteiger partial charge >= 0.3 is 0 Å². The molecule has 5 rings (SSSR count). The summed E-state index contributed by atoms with van der Waals surface area (Å²) in [4.78, 5) is 7.79. The molecular formula is C32H29N4O+. The van der Waals surface area contributed by atoms with Crippen LogP contribution < -0.4 is 20.4 Å². The fourth-order valence-corrected chi connectivity index (χ4v) is 3.79. The van der Waals surface area contributed by atoms with Gasteiger partial charge in [-0.25, -0.2) is 9.98 Å². The molecule has 0 spiro atoms. The van der Waals surface area contributed by atoms with Crippen LogP contribution in [0.15, 0.2) is 126 Å². The Kier molecular flexibility index (Phi) is 7.23. The molecule has 5 heteroatoms. The average molecular weight is 486 g/mol. The van der Waals surface area contributed by atoms with Gasteiger partial charge in [0.1, 0.15) is 18.5 Å². The van der Waals surface area contributed by atoms with Crippen LogP contribution in [0.2, 0.25) is 0 Å². The molecule has 1 aliphatic rings. The number of aliphatic imine (C=N–C) groups is 1. The van der Waals surface area contributed by atoms with Crippen LogP contribution in [0.4, 0.5) is 28.4 Å². The van der Waals surface area contributed by atoms with Crippen molar-refractivity contribution in [1.82, 2.24) is 0 Å². The van der Waals surface area contributed by atoms with E-state index in [2.05, 4.69) is 51.8 Å². The Labute approximate surface area is 217 Å². The topological polar surface area (TPSA) is 59.6 Å². The van der Waals surface area contributed by atoms with Gasteiger partial charge in [0.05, 0.1) is 11.4 Å². The number of nitrogens with one attached hydrogen (secondary N) is 3. The van der Waals surface area contributed by atoms with Crippen LogP contribution >= 0.6 is 0 Å². The Morgan fingerprint density at radius 3 is 1.49 bits per heavy atom. The highest BCUT2D eigenvalue weighted by Crippen LogP contribution is 2.26. The van der Waals surface area contributed by atoms with Gasteiger partial charge in [0, 0.05) is 34.9 Å². The van der Waals surface area contributed by atoms with Gasteiger partial charge in [-0.1, -0.05) is 17.7 Å². The number of nitrogens with zero attached hydrogens (tertiary/aromatic N) is 1. The summed E-state index contributed by atoms with van der Waals surface area (Å²) in [7, 11) is 1.91. The molecule has 4 aromatic rings. The van der Waals surface area contributed by atoms with E-state index in [-0.39, 0.29) is 0 Å². The van der Waals surface area contributed by atoms with Gasteiger partial charge in [-0.2, -0.15) is 0 Å². The van der Waals surface area contributed by atoms with E-state index in [1.165, 1.54) is 5.56 Å². The minimum Gasteiger partial charge on any atom is -0.457 e. The standard InChI is InChI=1S/C32H28N4O/c1-23-3-19-31(20-4-23)37-32-21-17-30(18-22-32)36-29-15-13-28(14-16-29)35-27-11-9-26(10-12-27)34-25-7-5-24(33-2)6-8-25/h3-22,35-36H,1-2H3/p+1. The molecule has 0 unspecified atom stereocenters. The normalized spacial score (nSPS) is 12.3. The molecule has 3 N–H and O–H groups in total. The van der Waals surface area contributed by atoms with E-state index in [9.17, 15) is 0 Å². The number of aryl methyl sites for hydroxylation is 1. The molecular weight excluding hydrogens is 456 g/mol. The SMILES string of the molecule is C[NH+]=C1C=CC(=Nc2ccc(Nc3ccc(Nc4ccc(Oc5ccc(C)cc5)cc4)cc3)cc2)C=C1. The lowest BCUT2D eigenvalue weighted by molar-refractivity contribution is -0.417. The highest BCUT2D eigenvalue weighted by Gasteiger charge is 2.03. The maximum Gasteiger partial charge on any atom is 0.198 e. The zero-order chi connectivity index (χ0) is 25.5. The van der Waals surface area contributed by atoms with E-state index in [1.807, 2.05) is 104 Å². The van der Waals surface area contributed by atoms with E-state index in [0.29, 0.717) is 0 Å². The first-order valence-corrected chi connectivity index (χ1v) is 12.2. The maximum absolute atomic E-state index is 5.91. The first-order chi connectivity index (χ1) is 18.1. The van der Waals surface area contributed by atoms with E-state index in [4.69, 9.17) is 4.74 Å². The minimum atomic E-state index is 0.805. The Hall–Kier alpha value is -4.90. The summed E-state index contributed by atoms with van der Waals surface area (Å²) in [6, 6.07) is 32.3. The van der Waals surface area contributed by atoms with Crippen molar-refractivity contribution in [2.24, 2.45) is 4.99 Å². The Morgan fingerprint density at radius 2 is 1.00 bits per heavy atom. The van der Waals surface area contributed by atoms with Crippen molar-refractivity contribution in [3.63, 3.8) is 0 Å². The number of hydrogen-bond acceptors (Lipinski definition) is 4. The Balaban J connectivity index is 1.15. The summed E-state index contributed by atoms with van der Waals surface area (Å²) in [6.45, 7) is 2.06. The van der Waals surface area contributed by atoms with Gasteiger partial charge in [0.25, 0.3) is 0 Å². The van der Waals surface area contributed by atoms with Gasteiger partial charge < -0.3 is 15.4 Å². The Bertz CT molecular complexity index is 1440. The second-order valence-electron chi connectivity index (χ2n) is 8.72. The Morgan fingerprint density at radius 1 is 0.568 bits per heavy atom. The summed E-state index contributed by atoms with van der Waals surface area (Å²) in [5.74, 6) is 1.64. The molecule has 0 heterocycles. The first kappa shape index (κ1) is 23.8. The summed E-state index contributed by atoms with van der Waals surface area (Å²) < 4.78 is 5.91. The lowest BCUT2D eigenvalue weighted by Gasteiger charge is -2.11. The molecule has 1 aliphatic carbocycles. The number of hydrogen-bond donors (Lipinski definition) is 3. The zero-order valence-corrected chi connectivity index (χ0v) is 20.9. The van der Waals surface area contributed by atoms with E-state index < -0.39 is 0 Å². The zero-order valence-electron chi connectivity index (χ0n) is 20.9. The number of allylic oxidation sites excluding steroid dienone is 4. The molecule has 0 radical (unpaired) electrons. The van der Waals surface area contributed by atoms with Crippen LogP contribution in [0.25, 0.3) is 0 Å². The average Bonchev–Trinajstić information content (AvgIpc) is 2.94. The molecule has 0 fully saturated rings. The van der Waals surface area contributed by atoms with Crippen LogP contribution in [-0.4, -0.2) is 18.5 Å². The predicted molar refractivity (Wildman–Crippen MR) is 154 cm³/mol. The predicted octanol–water partition coefficient (Wildman–Crippen LogP) is 6.62. The maximum atomic E-state index is 5.91. The summed E-state index contributed by atoms with van der Waals surface area (Å²) in [5, 5.41) is 6.87. The lowest BCUT2D eigenvalue weighted by Crippen LogP contribution is -2.67. The molecule has 5 nitrogen and oxygen atoms in total. The van der Waals surface area contributed by atoms with E-state index >= 15 is 0 Å². The molecule has 4 aromatic carbocycles. The van der Waals surface area contributed by atoms with E-state index in [0.717, 1.165) is 51.4 Å². The van der Waals surface area contributed by atoms with Crippen LogP contribution in [0.3, 0.4) is 0 Å². The number of rotatable bonds is 7. The van der Waals surface area contributed by atoms with Gasteiger partial charge in [-0.05, 0) is 104 Å². The molecule has 0 amide bonds. The second-order valence-corrected chi connectivity index (χ2v) is 8.72. The number of benzene rings is 4. The van der Waals surface area contributed by atoms with Crippen molar-refractivity contribution in [3.8, 4) is 11.5 Å². The molecule has 0 aromatic heterocycles. The molecule has 0 saturated carbocycles. The summed E-state index contributed by atoms with van der Waals surface area (Å²) >= 11 is 0. The van der Waals surface area contributed by atoms with Crippen molar-refractivity contribution >= 4 is 39.9 Å². The summed E-state index contributed by atoms with van der Waals surface area (Å²) in [6.07, 6.45) is 8.04. The van der Waals surface area contributed by atoms with Crippen molar-refractivity contribution in [2.75, 3.05) is 17.7 Å². The van der Waals surface area contributed by atoms with Crippen molar-refractivity contribution < 1.29 is 9.73 Å². The van der Waals surface area contributed by atoms with Crippen LogP contribution in [-0.2, 0) is 0 Å². The smallest absolute Gasteiger partial charge is 0.198 e. The lowest BCUT2D eigenvalue weighted by atomic mass is 10.1. The van der Waals surface area contributed by atoms with Gasteiger partial charge in [-0.15, -0.1) is 0 Å². The third-order valence-corrected chi connectivity index (χ3v) is 5.85. The third-order valence-electron chi connectivity index (χ3n) is 5.85. The molecule has 182 valence electrons. The monoisotopic (exact) mass is 485 g/mol. The van der Waals surface area contributed by atoms with Crippen molar-refractivity contribution in [3.05, 3.63) is 127 Å². The van der Waals surface area contributed by atoms with Gasteiger partial charge in [0.2, 0.25) is 0 Å². The molecule has 0 aliphatic heterocycles. The second kappa shape index (κ2) is 11.2.